The fourth-order valence-electron chi connectivity index (χ4n) is 3.33. The quantitative estimate of drug-likeness (QED) is 0.737. The zero-order valence-corrected chi connectivity index (χ0v) is 15.4. The molecule has 134 valence electrons. The Bertz CT molecular complexity index is 915. The van der Waals surface area contributed by atoms with Crippen molar-refractivity contribution >= 4 is 34.0 Å². The Balaban J connectivity index is 1.56. The molecular formula is C19H21ClN6. The zero-order chi connectivity index (χ0) is 17.9. The molecule has 1 atom stereocenters. The minimum atomic E-state index is 0.430. The van der Waals surface area contributed by atoms with Gasteiger partial charge in [0.25, 0.3) is 0 Å². The van der Waals surface area contributed by atoms with Crippen LogP contribution < -0.4 is 15.5 Å². The molecule has 1 aromatic carbocycles. The number of anilines is 2. The normalized spacial score (nSPS) is 17.5. The van der Waals surface area contributed by atoms with Crippen LogP contribution in [0, 0.1) is 0 Å². The first-order valence-corrected chi connectivity index (χ1v) is 9.14. The van der Waals surface area contributed by atoms with E-state index < -0.39 is 0 Å². The maximum Gasteiger partial charge on any atom is 0.0890 e. The van der Waals surface area contributed by atoms with E-state index in [-0.39, 0.29) is 0 Å². The van der Waals surface area contributed by atoms with Crippen molar-refractivity contribution in [1.82, 2.24) is 20.3 Å². The molecule has 2 aromatic heterocycles. The summed E-state index contributed by atoms with van der Waals surface area (Å²) in [4.78, 5) is 15.3. The lowest BCUT2D eigenvalue weighted by atomic mass is 10.1. The standard InChI is InChI=1S/C19H21ClN6/c1-13-12-26(7-6-22-13)19-15(20)10-21-11-18(19)25-9-14-2-3-16-17(8-14)24-5-4-23-16/h2-5,8,10-11,13,22,25H,6-7,9,12H2,1H3. The predicted molar refractivity (Wildman–Crippen MR) is 106 cm³/mol. The van der Waals surface area contributed by atoms with E-state index in [4.69, 9.17) is 11.6 Å². The average molecular weight is 369 g/mol. The second-order valence-corrected chi connectivity index (χ2v) is 6.96. The first kappa shape index (κ1) is 17.0. The summed E-state index contributed by atoms with van der Waals surface area (Å²) in [6.45, 7) is 5.65. The van der Waals surface area contributed by atoms with Crippen LogP contribution in [0.3, 0.4) is 0 Å². The van der Waals surface area contributed by atoms with Crippen LogP contribution in [0.25, 0.3) is 11.0 Å². The van der Waals surface area contributed by atoms with Gasteiger partial charge in [-0.05, 0) is 24.6 Å². The highest BCUT2D eigenvalue weighted by molar-refractivity contribution is 6.33. The Hall–Kier alpha value is -2.44. The zero-order valence-electron chi connectivity index (χ0n) is 14.6. The third kappa shape index (κ3) is 3.57. The summed E-state index contributed by atoms with van der Waals surface area (Å²) in [5, 5.41) is 7.63. The second-order valence-electron chi connectivity index (χ2n) is 6.55. The van der Waals surface area contributed by atoms with E-state index in [2.05, 4.69) is 49.5 Å². The highest BCUT2D eigenvalue weighted by Gasteiger charge is 2.21. The summed E-state index contributed by atoms with van der Waals surface area (Å²) in [6, 6.07) is 6.54. The molecule has 2 N–H and O–H groups in total. The van der Waals surface area contributed by atoms with Crippen LogP contribution in [0.2, 0.25) is 5.02 Å². The number of aromatic nitrogens is 3. The molecule has 1 saturated heterocycles. The average Bonchev–Trinajstić information content (AvgIpc) is 2.66. The molecule has 3 heterocycles. The third-order valence-electron chi connectivity index (χ3n) is 4.57. The molecule has 26 heavy (non-hydrogen) atoms. The van der Waals surface area contributed by atoms with Crippen LogP contribution in [-0.4, -0.2) is 40.6 Å². The molecule has 1 fully saturated rings. The fraction of sp³-hybridized carbons (Fsp3) is 0.316. The van der Waals surface area contributed by atoms with Gasteiger partial charge in [-0.25, -0.2) is 0 Å². The van der Waals surface area contributed by atoms with Crippen molar-refractivity contribution in [3.8, 4) is 0 Å². The topological polar surface area (TPSA) is 66.0 Å². The fourth-order valence-corrected chi connectivity index (χ4v) is 3.61. The maximum atomic E-state index is 6.49. The Morgan fingerprint density at radius 2 is 2.08 bits per heavy atom. The molecule has 1 unspecified atom stereocenters. The summed E-state index contributed by atoms with van der Waals surface area (Å²) >= 11 is 6.49. The molecule has 0 amide bonds. The number of nitrogens with one attached hydrogen (secondary N) is 2. The van der Waals surface area contributed by atoms with E-state index in [1.807, 2.05) is 12.3 Å². The van der Waals surface area contributed by atoms with Crippen molar-refractivity contribution in [2.45, 2.75) is 19.5 Å². The van der Waals surface area contributed by atoms with Crippen molar-refractivity contribution in [3.05, 3.63) is 53.6 Å². The van der Waals surface area contributed by atoms with Crippen LogP contribution in [0.5, 0.6) is 0 Å². The molecule has 0 radical (unpaired) electrons. The van der Waals surface area contributed by atoms with E-state index in [9.17, 15) is 0 Å². The highest BCUT2D eigenvalue weighted by atomic mass is 35.5. The smallest absolute Gasteiger partial charge is 0.0890 e. The molecule has 0 aliphatic carbocycles. The van der Waals surface area contributed by atoms with Crippen LogP contribution in [0.15, 0.2) is 43.0 Å². The number of halogens is 1. The Morgan fingerprint density at radius 1 is 1.23 bits per heavy atom. The van der Waals surface area contributed by atoms with Crippen molar-refractivity contribution in [1.29, 1.82) is 0 Å². The van der Waals surface area contributed by atoms with E-state index in [0.29, 0.717) is 17.6 Å². The summed E-state index contributed by atoms with van der Waals surface area (Å²) in [5.74, 6) is 0. The maximum absolute atomic E-state index is 6.49. The molecule has 1 aliphatic rings. The van der Waals surface area contributed by atoms with Gasteiger partial charge in [0.1, 0.15) is 0 Å². The second kappa shape index (κ2) is 7.43. The molecule has 0 saturated carbocycles. The van der Waals surface area contributed by atoms with Gasteiger partial charge in [0.05, 0.1) is 33.6 Å². The van der Waals surface area contributed by atoms with Crippen molar-refractivity contribution in [3.63, 3.8) is 0 Å². The SMILES string of the molecule is CC1CN(c2c(Cl)cncc2NCc2ccc3nccnc3c2)CCN1. The molecule has 3 aromatic rings. The summed E-state index contributed by atoms with van der Waals surface area (Å²) in [6.07, 6.45) is 6.97. The van der Waals surface area contributed by atoms with Crippen LogP contribution in [0.4, 0.5) is 11.4 Å². The highest BCUT2D eigenvalue weighted by Crippen LogP contribution is 2.34. The molecule has 6 nitrogen and oxygen atoms in total. The minimum absolute atomic E-state index is 0.430. The van der Waals surface area contributed by atoms with Crippen LogP contribution >= 0.6 is 11.6 Å². The summed E-state index contributed by atoms with van der Waals surface area (Å²) in [7, 11) is 0. The molecule has 7 heteroatoms. The van der Waals surface area contributed by atoms with Gasteiger partial charge in [-0.1, -0.05) is 17.7 Å². The van der Waals surface area contributed by atoms with Gasteiger partial charge in [-0.3, -0.25) is 15.0 Å². The van der Waals surface area contributed by atoms with Gasteiger partial charge < -0.3 is 15.5 Å². The third-order valence-corrected chi connectivity index (χ3v) is 4.85. The van der Waals surface area contributed by atoms with E-state index in [0.717, 1.165) is 47.6 Å². The van der Waals surface area contributed by atoms with Gasteiger partial charge >= 0.3 is 0 Å². The molecule has 0 spiro atoms. The molecule has 0 bridgehead atoms. The van der Waals surface area contributed by atoms with Crippen LogP contribution in [-0.2, 0) is 6.54 Å². The first-order chi connectivity index (χ1) is 12.7. The van der Waals surface area contributed by atoms with Crippen molar-refractivity contribution in [2.75, 3.05) is 29.9 Å². The van der Waals surface area contributed by atoms with Crippen LogP contribution in [0.1, 0.15) is 12.5 Å². The number of rotatable bonds is 4. The first-order valence-electron chi connectivity index (χ1n) is 8.76. The Labute approximate surface area is 157 Å². The van der Waals surface area contributed by atoms with Gasteiger partial charge in [0.15, 0.2) is 0 Å². The predicted octanol–water partition coefficient (Wildman–Crippen LogP) is 3.09. The summed E-state index contributed by atoms with van der Waals surface area (Å²) in [5.41, 5.74) is 4.90. The molecular weight excluding hydrogens is 348 g/mol. The minimum Gasteiger partial charge on any atom is -0.378 e. The van der Waals surface area contributed by atoms with Gasteiger partial charge in [-0.15, -0.1) is 0 Å². The number of hydrogen-bond donors (Lipinski definition) is 2. The van der Waals surface area contributed by atoms with E-state index >= 15 is 0 Å². The Kier molecular flexibility index (Phi) is 4.86. The number of nitrogens with zero attached hydrogens (tertiary/aromatic N) is 4. The summed E-state index contributed by atoms with van der Waals surface area (Å²) < 4.78 is 0. The van der Waals surface area contributed by atoms with Gasteiger partial charge in [-0.2, -0.15) is 0 Å². The number of benzene rings is 1. The lowest BCUT2D eigenvalue weighted by Gasteiger charge is -2.35. The molecule has 4 rings (SSSR count). The lowest BCUT2D eigenvalue weighted by Crippen LogP contribution is -2.49. The number of piperazine rings is 1. The molecule has 1 aliphatic heterocycles. The Morgan fingerprint density at radius 3 is 2.92 bits per heavy atom. The monoisotopic (exact) mass is 368 g/mol. The number of pyridine rings is 1. The van der Waals surface area contributed by atoms with Crippen molar-refractivity contribution in [2.24, 2.45) is 0 Å². The van der Waals surface area contributed by atoms with Gasteiger partial charge in [0.2, 0.25) is 0 Å². The lowest BCUT2D eigenvalue weighted by molar-refractivity contribution is 0.485. The number of hydrogen-bond acceptors (Lipinski definition) is 6. The van der Waals surface area contributed by atoms with Gasteiger partial charge in [0, 0.05) is 50.8 Å². The van der Waals surface area contributed by atoms with E-state index in [1.165, 1.54) is 0 Å². The van der Waals surface area contributed by atoms with Crippen molar-refractivity contribution < 1.29 is 0 Å². The number of fused-ring (bicyclic) bond motifs is 1. The van der Waals surface area contributed by atoms with E-state index in [1.54, 1.807) is 18.6 Å². The largest absolute Gasteiger partial charge is 0.378 e.